The summed E-state index contributed by atoms with van der Waals surface area (Å²) in [5.41, 5.74) is 3.76. The predicted octanol–water partition coefficient (Wildman–Crippen LogP) is 0.621. The number of carbonyl (C=O) groups excluding carboxylic acids is 2. The van der Waals surface area contributed by atoms with Gasteiger partial charge in [0.05, 0.1) is 16.6 Å². The molecule has 3 amide bonds. The molecule has 0 bridgehead atoms. The van der Waals surface area contributed by atoms with Crippen LogP contribution in [0.1, 0.15) is 0 Å². The lowest BCUT2D eigenvalue weighted by atomic mass is 10.1. The Bertz CT molecular complexity index is 967. The molecule has 2 aromatic carbocycles. The molecule has 2 aliphatic rings. The molecule has 4 rings (SSSR count). The molecule has 140 valence electrons. The van der Waals surface area contributed by atoms with Gasteiger partial charge in [0.1, 0.15) is 6.04 Å². The van der Waals surface area contributed by atoms with Crippen LogP contribution in [-0.4, -0.2) is 44.0 Å². The fraction of sp³-hybridized carbons (Fsp3) is 0.176. The molecule has 2 aromatic rings. The average Bonchev–Trinajstić information content (AvgIpc) is 3.10. The lowest BCUT2D eigenvalue weighted by molar-refractivity contribution is -0.150. The van der Waals surface area contributed by atoms with E-state index in [-0.39, 0.29) is 9.96 Å². The summed E-state index contributed by atoms with van der Waals surface area (Å²) >= 11 is 0. The lowest BCUT2D eigenvalue weighted by Crippen LogP contribution is -2.65. The lowest BCUT2D eigenvalue weighted by Gasteiger charge is -2.35. The number of rotatable bonds is 4. The van der Waals surface area contributed by atoms with E-state index in [4.69, 9.17) is 4.28 Å². The van der Waals surface area contributed by atoms with Crippen molar-refractivity contribution in [1.82, 2.24) is 15.8 Å². The van der Waals surface area contributed by atoms with Crippen LogP contribution in [0.2, 0.25) is 0 Å². The Labute approximate surface area is 155 Å². The minimum Gasteiger partial charge on any atom is -0.329 e. The molecule has 0 aromatic heterocycles. The number of hydrazine groups is 1. The zero-order valence-corrected chi connectivity index (χ0v) is 14.8. The summed E-state index contributed by atoms with van der Waals surface area (Å²) in [6.45, 7) is 0.330. The van der Waals surface area contributed by atoms with Crippen molar-refractivity contribution in [2.75, 3.05) is 11.6 Å². The molecule has 2 saturated heterocycles. The smallest absolute Gasteiger partial charge is 0.329 e. The summed E-state index contributed by atoms with van der Waals surface area (Å²) in [5, 5.41) is 4.47. The van der Waals surface area contributed by atoms with Crippen molar-refractivity contribution in [2.24, 2.45) is 0 Å². The standard InChI is InChI=1S/C17H16N4O5S/c22-16-15-14(11-18-20(15)12-7-3-1-4-8-12)19-17(23)21(16)26-27(24,25)13-9-5-2-6-10-13/h1-10,14-15,18H,11H2,(H,19,23). The maximum absolute atomic E-state index is 12.9. The van der Waals surface area contributed by atoms with Crippen molar-refractivity contribution >= 4 is 27.7 Å². The number of nitrogens with zero attached hydrogens (tertiary/aromatic N) is 2. The largest absolute Gasteiger partial charge is 0.350 e. The Hall–Kier alpha value is -2.95. The van der Waals surface area contributed by atoms with E-state index in [9.17, 15) is 18.0 Å². The molecule has 27 heavy (non-hydrogen) atoms. The number of hydrogen-bond donors (Lipinski definition) is 2. The van der Waals surface area contributed by atoms with Crippen LogP contribution in [0.4, 0.5) is 10.5 Å². The number of hydroxylamine groups is 2. The maximum Gasteiger partial charge on any atom is 0.350 e. The van der Waals surface area contributed by atoms with Crippen molar-refractivity contribution in [3.63, 3.8) is 0 Å². The highest BCUT2D eigenvalue weighted by Gasteiger charge is 2.50. The van der Waals surface area contributed by atoms with Crippen molar-refractivity contribution in [3.8, 4) is 0 Å². The van der Waals surface area contributed by atoms with E-state index in [0.29, 0.717) is 12.2 Å². The summed E-state index contributed by atoms with van der Waals surface area (Å²) in [6.07, 6.45) is 0. The zero-order valence-electron chi connectivity index (χ0n) is 14.0. The first kappa shape index (κ1) is 17.5. The van der Waals surface area contributed by atoms with E-state index in [2.05, 4.69) is 10.7 Å². The predicted molar refractivity (Wildman–Crippen MR) is 94.6 cm³/mol. The molecular formula is C17H16N4O5S. The molecule has 2 heterocycles. The highest BCUT2D eigenvalue weighted by molar-refractivity contribution is 7.86. The summed E-state index contributed by atoms with van der Waals surface area (Å²) in [7, 11) is -4.33. The van der Waals surface area contributed by atoms with E-state index in [1.54, 1.807) is 23.2 Å². The summed E-state index contributed by atoms with van der Waals surface area (Å²) in [4.78, 5) is 25.0. The first-order valence-corrected chi connectivity index (χ1v) is 9.60. The van der Waals surface area contributed by atoms with Crippen molar-refractivity contribution in [3.05, 3.63) is 60.7 Å². The number of fused-ring (bicyclic) bond motifs is 1. The molecule has 2 aliphatic heterocycles. The van der Waals surface area contributed by atoms with Crippen molar-refractivity contribution in [1.29, 1.82) is 0 Å². The van der Waals surface area contributed by atoms with Crippen molar-refractivity contribution < 1.29 is 22.3 Å². The minimum absolute atomic E-state index is 0.155. The number of para-hydroxylation sites is 1. The van der Waals surface area contributed by atoms with Gasteiger partial charge in [0, 0.05) is 6.54 Å². The fourth-order valence-electron chi connectivity index (χ4n) is 3.08. The van der Waals surface area contributed by atoms with Crippen LogP contribution >= 0.6 is 0 Å². The molecule has 9 nitrogen and oxygen atoms in total. The van der Waals surface area contributed by atoms with Crippen LogP contribution in [0.25, 0.3) is 0 Å². The molecule has 0 aliphatic carbocycles. The summed E-state index contributed by atoms with van der Waals surface area (Å²) in [5.74, 6) is -0.767. The Kier molecular flexibility index (Phi) is 4.30. The first-order valence-electron chi connectivity index (χ1n) is 8.19. The van der Waals surface area contributed by atoms with Gasteiger partial charge in [-0.1, -0.05) is 36.4 Å². The third kappa shape index (κ3) is 3.14. The van der Waals surface area contributed by atoms with Gasteiger partial charge in [-0.3, -0.25) is 9.80 Å². The van der Waals surface area contributed by atoms with Crippen LogP contribution in [0.3, 0.4) is 0 Å². The second-order valence-electron chi connectivity index (χ2n) is 6.04. The quantitative estimate of drug-likeness (QED) is 0.790. The highest BCUT2D eigenvalue weighted by atomic mass is 32.2. The van der Waals surface area contributed by atoms with Gasteiger partial charge in [-0.15, -0.1) is 9.35 Å². The minimum atomic E-state index is -4.33. The van der Waals surface area contributed by atoms with Crippen LogP contribution < -0.4 is 15.8 Å². The van der Waals surface area contributed by atoms with Gasteiger partial charge in [-0.05, 0) is 24.3 Å². The molecule has 2 atom stereocenters. The topological polar surface area (TPSA) is 108 Å². The molecular weight excluding hydrogens is 372 g/mol. The first-order chi connectivity index (χ1) is 13.0. The van der Waals surface area contributed by atoms with Crippen LogP contribution in [0.15, 0.2) is 65.6 Å². The Morgan fingerprint density at radius 1 is 0.963 bits per heavy atom. The number of carbonyl (C=O) groups is 2. The highest BCUT2D eigenvalue weighted by Crippen LogP contribution is 2.26. The van der Waals surface area contributed by atoms with Gasteiger partial charge >= 0.3 is 16.1 Å². The Morgan fingerprint density at radius 3 is 2.26 bits per heavy atom. The number of nitrogens with one attached hydrogen (secondary N) is 2. The van der Waals surface area contributed by atoms with Gasteiger partial charge in [0.15, 0.2) is 0 Å². The molecule has 10 heteroatoms. The van der Waals surface area contributed by atoms with Gasteiger partial charge in [-0.2, -0.15) is 8.42 Å². The maximum atomic E-state index is 12.9. The van der Waals surface area contributed by atoms with Gasteiger partial charge in [0.2, 0.25) is 0 Å². The van der Waals surface area contributed by atoms with Crippen LogP contribution in [-0.2, 0) is 19.2 Å². The molecule has 0 spiro atoms. The third-order valence-corrected chi connectivity index (χ3v) is 5.52. The van der Waals surface area contributed by atoms with E-state index in [1.807, 2.05) is 18.2 Å². The molecule has 0 saturated carbocycles. The SMILES string of the molecule is O=C1NC2CNN(c3ccccc3)C2C(=O)N1OS(=O)(=O)c1ccccc1. The molecule has 2 fully saturated rings. The van der Waals surface area contributed by atoms with E-state index in [0.717, 1.165) is 0 Å². The number of benzene rings is 2. The van der Waals surface area contributed by atoms with Crippen molar-refractivity contribution in [2.45, 2.75) is 17.0 Å². The Balaban J connectivity index is 1.61. The van der Waals surface area contributed by atoms with E-state index < -0.39 is 34.1 Å². The van der Waals surface area contributed by atoms with Crippen LogP contribution in [0.5, 0.6) is 0 Å². The number of urea groups is 1. The second-order valence-corrected chi connectivity index (χ2v) is 7.57. The average molecular weight is 388 g/mol. The van der Waals surface area contributed by atoms with Gasteiger partial charge in [0.25, 0.3) is 5.91 Å². The number of anilines is 1. The second kappa shape index (κ2) is 6.65. The zero-order chi connectivity index (χ0) is 19.0. The van der Waals surface area contributed by atoms with Gasteiger partial charge < -0.3 is 5.32 Å². The third-order valence-electron chi connectivity index (χ3n) is 4.33. The number of imide groups is 1. The van der Waals surface area contributed by atoms with Gasteiger partial charge in [-0.25, -0.2) is 10.2 Å². The van der Waals surface area contributed by atoms with Crippen LogP contribution in [0, 0.1) is 0 Å². The molecule has 2 N–H and O–H groups in total. The summed E-state index contributed by atoms with van der Waals surface area (Å²) in [6, 6.07) is 14.1. The fourth-order valence-corrected chi connectivity index (χ4v) is 3.99. The molecule has 2 unspecified atom stereocenters. The normalized spacial score (nSPS) is 22.5. The number of amides is 3. The molecule has 0 radical (unpaired) electrons. The Morgan fingerprint density at radius 2 is 1.59 bits per heavy atom. The summed E-state index contributed by atoms with van der Waals surface area (Å²) < 4.78 is 29.7. The van der Waals surface area contributed by atoms with E-state index in [1.165, 1.54) is 24.3 Å². The number of hydrogen-bond acceptors (Lipinski definition) is 7. The van der Waals surface area contributed by atoms with E-state index >= 15 is 0 Å². The monoisotopic (exact) mass is 388 g/mol.